The number of piperidine rings is 1. The molecule has 6 heteroatoms. The van der Waals surface area contributed by atoms with Gasteiger partial charge in [0.2, 0.25) is 0 Å². The summed E-state index contributed by atoms with van der Waals surface area (Å²) >= 11 is 3.67. The molecular weight excluding hydrogens is 282 g/mol. The van der Waals surface area contributed by atoms with E-state index in [2.05, 4.69) is 42.0 Å². The van der Waals surface area contributed by atoms with E-state index >= 15 is 0 Å². The Bertz CT molecular complexity index is 530. The van der Waals surface area contributed by atoms with Crippen molar-refractivity contribution in [2.75, 3.05) is 18.0 Å². The highest BCUT2D eigenvalue weighted by Crippen LogP contribution is 2.23. The van der Waals surface area contributed by atoms with Gasteiger partial charge in [-0.2, -0.15) is 14.6 Å². The predicted molar refractivity (Wildman–Crippen MR) is 69.7 cm³/mol. The molecule has 0 spiro atoms. The number of halogens is 1. The Labute approximate surface area is 108 Å². The normalized spacial score (nSPS) is 17.9. The summed E-state index contributed by atoms with van der Waals surface area (Å²) in [5, 5.41) is 4.24. The number of aromatic nitrogens is 4. The first-order valence-corrected chi connectivity index (χ1v) is 6.72. The highest BCUT2D eigenvalue weighted by molar-refractivity contribution is 9.09. The third-order valence-corrected chi connectivity index (χ3v) is 4.03. The van der Waals surface area contributed by atoms with Crippen molar-refractivity contribution in [3.63, 3.8) is 0 Å². The number of fused-ring (bicyclic) bond motifs is 1. The maximum Gasteiger partial charge on any atom is 0.254 e. The Balaban J connectivity index is 2.01. The van der Waals surface area contributed by atoms with E-state index in [0.717, 1.165) is 37.4 Å². The lowest BCUT2D eigenvalue weighted by molar-refractivity contribution is 0.586. The van der Waals surface area contributed by atoms with Gasteiger partial charge in [-0.3, -0.25) is 0 Å². The van der Waals surface area contributed by atoms with Crippen LogP contribution in [-0.2, 0) is 0 Å². The van der Waals surface area contributed by atoms with Gasteiger partial charge in [-0.1, -0.05) is 15.9 Å². The first kappa shape index (κ1) is 11.0. The number of alkyl halides is 1. The van der Waals surface area contributed by atoms with Crippen LogP contribution in [0, 0.1) is 6.92 Å². The van der Waals surface area contributed by atoms with Gasteiger partial charge in [-0.25, -0.2) is 4.98 Å². The quantitative estimate of drug-likeness (QED) is 0.753. The second kappa shape index (κ2) is 4.25. The summed E-state index contributed by atoms with van der Waals surface area (Å²) in [5.74, 6) is 1.78. The van der Waals surface area contributed by atoms with Crippen LogP contribution in [0.4, 0.5) is 5.82 Å². The Morgan fingerprint density at radius 1 is 1.35 bits per heavy atom. The molecule has 1 saturated heterocycles. The van der Waals surface area contributed by atoms with Gasteiger partial charge in [-0.15, -0.1) is 0 Å². The summed E-state index contributed by atoms with van der Waals surface area (Å²) in [6.07, 6.45) is 3.89. The summed E-state index contributed by atoms with van der Waals surface area (Å²) in [4.78, 5) is 11.5. The van der Waals surface area contributed by atoms with E-state index in [-0.39, 0.29) is 0 Å². The average Bonchev–Trinajstić information content (AvgIpc) is 2.77. The molecule has 0 radical (unpaired) electrons. The summed E-state index contributed by atoms with van der Waals surface area (Å²) in [5.41, 5.74) is 0.987. The SMILES string of the molecule is Cc1cc(N2CCC(Br)CC2)n2ncnc2n1. The smallest absolute Gasteiger partial charge is 0.254 e. The van der Waals surface area contributed by atoms with Crippen molar-refractivity contribution in [1.82, 2.24) is 19.6 Å². The van der Waals surface area contributed by atoms with Crippen LogP contribution in [0.15, 0.2) is 12.4 Å². The van der Waals surface area contributed by atoms with Crippen molar-refractivity contribution in [3.8, 4) is 0 Å². The zero-order chi connectivity index (χ0) is 11.8. The Hall–Kier alpha value is -1.17. The minimum absolute atomic E-state index is 0.646. The lowest BCUT2D eigenvalue weighted by Gasteiger charge is -2.31. The number of anilines is 1. The lowest BCUT2D eigenvalue weighted by atomic mass is 10.1. The highest BCUT2D eigenvalue weighted by Gasteiger charge is 2.20. The van der Waals surface area contributed by atoms with Crippen molar-refractivity contribution in [3.05, 3.63) is 18.1 Å². The van der Waals surface area contributed by atoms with Crippen molar-refractivity contribution >= 4 is 27.5 Å². The van der Waals surface area contributed by atoms with Crippen molar-refractivity contribution < 1.29 is 0 Å². The van der Waals surface area contributed by atoms with Crippen LogP contribution in [0.5, 0.6) is 0 Å². The molecule has 1 aliphatic rings. The molecule has 0 aliphatic carbocycles. The molecule has 0 N–H and O–H groups in total. The molecule has 0 saturated carbocycles. The molecule has 0 unspecified atom stereocenters. The van der Waals surface area contributed by atoms with E-state index < -0.39 is 0 Å². The third kappa shape index (κ3) is 2.01. The summed E-state index contributed by atoms with van der Waals surface area (Å²) in [6.45, 7) is 4.10. The van der Waals surface area contributed by atoms with Crippen LogP contribution >= 0.6 is 15.9 Å². The molecule has 5 nitrogen and oxygen atoms in total. The summed E-state index contributed by atoms with van der Waals surface area (Å²) in [6, 6.07) is 2.08. The van der Waals surface area contributed by atoms with E-state index in [9.17, 15) is 0 Å². The summed E-state index contributed by atoms with van der Waals surface area (Å²) in [7, 11) is 0. The van der Waals surface area contributed by atoms with Crippen LogP contribution in [-0.4, -0.2) is 37.5 Å². The number of hydrogen-bond donors (Lipinski definition) is 0. The molecule has 1 fully saturated rings. The van der Waals surface area contributed by atoms with Gasteiger partial charge in [0.15, 0.2) is 0 Å². The molecule has 0 amide bonds. The average molecular weight is 296 g/mol. The Morgan fingerprint density at radius 2 is 2.12 bits per heavy atom. The van der Waals surface area contributed by atoms with Crippen LogP contribution < -0.4 is 4.90 Å². The molecule has 0 atom stereocenters. The second-order valence-electron chi connectivity index (χ2n) is 4.39. The van der Waals surface area contributed by atoms with Crippen LogP contribution in [0.25, 0.3) is 5.78 Å². The van der Waals surface area contributed by atoms with Crippen molar-refractivity contribution in [2.24, 2.45) is 0 Å². The molecule has 0 aromatic carbocycles. The standard InChI is InChI=1S/C11H14BrN5/c1-8-6-10(16-4-2-9(12)3-5-16)17-11(15-8)13-7-14-17/h6-7,9H,2-5H2,1H3. The number of aryl methyl sites for hydroxylation is 1. The Kier molecular flexibility index (Phi) is 2.74. The molecule has 17 heavy (non-hydrogen) atoms. The fourth-order valence-electron chi connectivity index (χ4n) is 2.21. The summed E-state index contributed by atoms with van der Waals surface area (Å²) < 4.78 is 1.82. The van der Waals surface area contributed by atoms with Gasteiger partial charge in [0, 0.05) is 29.7 Å². The highest BCUT2D eigenvalue weighted by atomic mass is 79.9. The van der Waals surface area contributed by atoms with Gasteiger partial charge in [-0.05, 0) is 19.8 Å². The number of nitrogens with zero attached hydrogens (tertiary/aromatic N) is 5. The van der Waals surface area contributed by atoms with Gasteiger partial charge >= 0.3 is 0 Å². The number of rotatable bonds is 1. The first-order chi connectivity index (χ1) is 8.24. The van der Waals surface area contributed by atoms with Crippen molar-refractivity contribution in [2.45, 2.75) is 24.6 Å². The van der Waals surface area contributed by atoms with Crippen molar-refractivity contribution in [1.29, 1.82) is 0 Å². The molecule has 2 aromatic rings. The molecule has 3 heterocycles. The fraction of sp³-hybridized carbons (Fsp3) is 0.545. The van der Waals surface area contributed by atoms with E-state index in [1.165, 1.54) is 0 Å². The minimum atomic E-state index is 0.646. The number of hydrogen-bond acceptors (Lipinski definition) is 4. The lowest BCUT2D eigenvalue weighted by Crippen LogP contribution is -2.35. The topological polar surface area (TPSA) is 46.3 Å². The van der Waals surface area contributed by atoms with E-state index in [0.29, 0.717) is 10.6 Å². The zero-order valence-electron chi connectivity index (χ0n) is 9.67. The maximum absolute atomic E-state index is 4.36. The monoisotopic (exact) mass is 295 g/mol. The molecule has 3 rings (SSSR count). The van der Waals surface area contributed by atoms with E-state index in [4.69, 9.17) is 0 Å². The van der Waals surface area contributed by atoms with E-state index in [1.807, 2.05) is 11.4 Å². The Morgan fingerprint density at radius 3 is 2.88 bits per heavy atom. The fourth-order valence-corrected chi connectivity index (χ4v) is 2.62. The zero-order valence-corrected chi connectivity index (χ0v) is 11.3. The van der Waals surface area contributed by atoms with E-state index in [1.54, 1.807) is 6.33 Å². The van der Waals surface area contributed by atoms with Crippen LogP contribution in [0.2, 0.25) is 0 Å². The molecule has 1 aliphatic heterocycles. The van der Waals surface area contributed by atoms with Crippen LogP contribution in [0.1, 0.15) is 18.5 Å². The van der Waals surface area contributed by atoms with Crippen LogP contribution in [0.3, 0.4) is 0 Å². The molecular formula is C11H14BrN5. The van der Waals surface area contributed by atoms with Gasteiger partial charge in [0.1, 0.15) is 12.1 Å². The van der Waals surface area contributed by atoms with Gasteiger partial charge in [0.25, 0.3) is 5.78 Å². The minimum Gasteiger partial charge on any atom is -0.356 e. The molecule has 90 valence electrons. The van der Waals surface area contributed by atoms with Gasteiger partial charge < -0.3 is 4.90 Å². The largest absolute Gasteiger partial charge is 0.356 e. The molecule has 2 aromatic heterocycles. The van der Waals surface area contributed by atoms with Gasteiger partial charge in [0.05, 0.1) is 0 Å². The third-order valence-electron chi connectivity index (χ3n) is 3.11. The second-order valence-corrected chi connectivity index (χ2v) is 5.68. The maximum atomic E-state index is 4.36. The predicted octanol–water partition coefficient (Wildman–Crippen LogP) is 1.80. The first-order valence-electron chi connectivity index (χ1n) is 5.80. The molecule has 0 bridgehead atoms.